The maximum absolute atomic E-state index is 13.4. The van der Waals surface area contributed by atoms with Crippen molar-refractivity contribution < 1.29 is 13.5 Å². The van der Waals surface area contributed by atoms with Gasteiger partial charge in [0.25, 0.3) is 5.69 Å². The molecule has 0 atom stereocenters. The largest absolute Gasteiger partial charge is 0.504 e. The number of hydrogen-bond donors (Lipinski definition) is 0. The van der Waals surface area contributed by atoms with E-state index in [2.05, 4.69) is 4.85 Å². The van der Waals surface area contributed by atoms with E-state index in [1.54, 1.807) is 0 Å². The van der Waals surface area contributed by atoms with Gasteiger partial charge in [-0.15, -0.1) is 0 Å². The molecule has 0 radical (unpaired) electrons. The molecular formula is C11H9F2NO. The van der Waals surface area contributed by atoms with Crippen LogP contribution in [0.4, 0.5) is 14.5 Å². The number of hydrogen-bond acceptors (Lipinski definition) is 1. The first-order chi connectivity index (χ1) is 7.24. The van der Waals surface area contributed by atoms with Crippen molar-refractivity contribution in [2.24, 2.45) is 0 Å². The maximum Gasteiger partial charge on any atom is 0.263 e. The zero-order valence-electron chi connectivity index (χ0n) is 8.02. The molecule has 0 bridgehead atoms. The molecule has 0 aromatic heterocycles. The minimum absolute atomic E-state index is 0.0972. The van der Waals surface area contributed by atoms with Crippen molar-refractivity contribution in [2.75, 3.05) is 6.61 Å². The van der Waals surface area contributed by atoms with E-state index < -0.39 is 11.6 Å². The molecule has 1 aliphatic rings. The van der Waals surface area contributed by atoms with Gasteiger partial charge in [-0.05, 0) is 25.3 Å². The van der Waals surface area contributed by atoms with Gasteiger partial charge in [0.2, 0.25) is 0 Å². The highest BCUT2D eigenvalue weighted by Gasteiger charge is 2.21. The van der Waals surface area contributed by atoms with E-state index in [0.29, 0.717) is 18.6 Å². The van der Waals surface area contributed by atoms with Crippen molar-refractivity contribution in [3.63, 3.8) is 0 Å². The predicted molar refractivity (Wildman–Crippen MR) is 51.1 cm³/mol. The molecular weight excluding hydrogens is 200 g/mol. The Morgan fingerprint density at radius 2 is 2.07 bits per heavy atom. The highest BCUT2D eigenvalue weighted by Crippen LogP contribution is 2.38. The van der Waals surface area contributed by atoms with E-state index in [-0.39, 0.29) is 11.4 Å². The van der Waals surface area contributed by atoms with Gasteiger partial charge in [-0.1, -0.05) is 0 Å². The van der Waals surface area contributed by atoms with E-state index in [1.165, 1.54) is 0 Å². The molecule has 1 aromatic carbocycles. The molecule has 15 heavy (non-hydrogen) atoms. The van der Waals surface area contributed by atoms with Crippen LogP contribution in [0.3, 0.4) is 0 Å². The molecule has 0 fully saturated rings. The molecule has 0 aliphatic carbocycles. The van der Waals surface area contributed by atoms with E-state index in [4.69, 9.17) is 11.3 Å². The smallest absolute Gasteiger partial charge is 0.263 e. The summed E-state index contributed by atoms with van der Waals surface area (Å²) >= 11 is 0. The van der Waals surface area contributed by atoms with E-state index in [9.17, 15) is 8.78 Å². The van der Waals surface area contributed by atoms with Gasteiger partial charge in [-0.3, -0.25) is 0 Å². The molecule has 0 spiro atoms. The Morgan fingerprint density at radius 3 is 2.80 bits per heavy atom. The minimum atomic E-state index is -0.844. The quantitative estimate of drug-likeness (QED) is 0.598. The van der Waals surface area contributed by atoms with Gasteiger partial charge < -0.3 is 4.74 Å². The van der Waals surface area contributed by atoms with Gasteiger partial charge in [0, 0.05) is 5.56 Å². The second-order valence-electron chi connectivity index (χ2n) is 3.41. The third-order valence-electron chi connectivity index (χ3n) is 2.44. The zero-order valence-corrected chi connectivity index (χ0v) is 8.02. The fourth-order valence-corrected chi connectivity index (χ4v) is 1.70. The molecule has 1 aromatic rings. The second-order valence-corrected chi connectivity index (χ2v) is 3.41. The summed E-state index contributed by atoms with van der Waals surface area (Å²) in [5.41, 5.74) is 0.133. The molecule has 0 saturated carbocycles. The molecule has 2 nitrogen and oxygen atoms in total. The molecule has 4 heteroatoms. The first-order valence-corrected chi connectivity index (χ1v) is 4.75. The van der Waals surface area contributed by atoms with Crippen LogP contribution >= 0.6 is 0 Å². The predicted octanol–water partition coefficient (Wildman–Crippen LogP) is 3.23. The van der Waals surface area contributed by atoms with Crippen molar-refractivity contribution in [2.45, 2.75) is 19.3 Å². The Kier molecular flexibility index (Phi) is 2.55. The summed E-state index contributed by atoms with van der Waals surface area (Å²) in [5.74, 6) is -1.36. The van der Waals surface area contributed by atoms with Crippen LogP contribution in [0.15, 0.2) is 6.07 Å². The number of ether oxygens (including phenoxy) is 1. The van der Waals surface area contributed by atoms with Crippen LogP contribution < -0.4 is 4.74 Å². The number of benzene rings is 1. The topological polar surface area (TPSA) is 13.6 Å². The highest BCUT2D eigenvalue weighted by atomic mass is 19.1. The third-order valence-corrected chi connectivity index (χ3v) is 2.44. The minimum Gasteiger partial charge on any atom is -0.504 e. The van der Waals surface area contributed by atoms with E-state index >= 15 is 0 Å². The van der Waals surface area contributed by atoms with Crippen LogP contribution in [-0.4, -0.2) is 6.61 Å². The summed E-state index contributed by atoms with van der Waals surface area (Å²) in [6.45, 7) is 7.26. The molecule has 2 rings (SSSR count). The summed E-state index contributed by atoms with van der Waals surface area (Å²) < 4.78 is 31.9. The molecule has 1 heterocycles. The average molecular weight is 209 g/mol. The number of rotatable bonds is 0. The van der Waals surface area contributed by atoms with Gasteiger partial charge in [0.1, 0.15) is 17.4 Å². The summed E-state index contributed by atoms with van der Waals surface area (Å²) in [6, 6.07) is 0.765. The molecule has 0 saturated heterocycles. The van der Waals surface area contributed by atoms with Crippen molar-refractivity contribution >= 4 is 5.69 Å². The van der Waals surface area contributed by atoms with E-state index in [1.807, 2.05) is 0 Å². The van der Waals surface area contributed by atoms with Crippen LogP contribution in [0.2, 0.25) is 0 Å². The molecule has 1 aliphatic heterocycles. The Labute approximate surface area is 86.3 Å². The van der Waals surface area contributed by atoms with Crippen LogP contribution in [0.1, 0.15) is 18.4 Å². The highest BCUT2D eigenvalue weighted by molar-refractivity contribution is 5.62. The van der Waals surface area contributed by atoms with Gasteiger partial charge in [0.05, 0.1) is 13.2 Å². The molecule has 78 valence electrons. The monoisotopic (exact) mass is 209 g/mol. The Hall–Kier alpha value is -1.63. The maximum atomic E-state index is 13.4. The van der Waals surface area contributed by atoms with Gasteiger partial charge in [-0.25, -0.2) is 13.6 Å². The summed E-state index contributed by atoms with van der Waals surface area (Å²) in [6.07, 6.45) is 2.10. The average Bonchev–Trinajstić information content (AvgIpc) is 2.44. The summed E-state index contributed by atoms with van der Waals surface area (Å²) in [4.78, 5) is 3.05. The summed E-state index contributed by atoms with van der Waals surface area (Å²) in [7, 11) is 0. The molecule has 0 unspecified atom stereocenters. The Balaban J connectivity index is 2.64. The standard InChI is InChI=1S/C11H9F2NO/c1-14-10-9(13)6-8(12)7-4-2-3-5-15-11(7)10/h6H,2-5H2. The van der Waals surface area contributed by atoms with Crippen LogP contribution in [0.5, 0.6) is 5.75 Å². The number of halogens is 2. The lowest BCUT2D eigenvalue weighted by Gasteiger charge is -2.10. The van der Waals surface area contributed by atoms with Crippen molar-refractivity contribution in [3.8, 4) is 5.75 Å². The first kappa shape index (κ1) is 9.91. The SMILES string of the molecule is [C-]#[N+]c1c(F)cc(F)c2c1OCCCC2. The van der Waals surface area contributed by atoms with Crippen LogP contribution in [-0.2, 0) is 6.42 Å². The fourth-order valence-electron chi connectivity index (χ4n) is 1.70. The van der Waals surface area contributed by atoms with E-state index in [0.717, 1.165) is 18.9 Å². The molecule has 0 N–H and O–H groups in total. The number of nitrogens with zero attached hydrogens (tertiary/aromatic N) is 1. The number of fused-ring (bicyclic) bond motifs is 1. The van der Waals surface area contributed by atoms with Gasteiger partial charge in [0.15, 0.2) is 0 Å². The fraction of sp³-hybridized carbons (Fsp3) is 0.364. The van der Waals surface area contributed by atoms with Crippen LogP contribution in [0.25, 0.3) is 4.85 Å². The van der Waals surface area contributed by atoms with Crippen molar-refractivity contribution in [1.29, 1.82) is 0 Å². The second kappa shape index (κ2) is 3.85. The van der Waals surface area contributed by atoms with Crippen LogP contribution in [0, 0.1) is 18.2 Å². The Bertz CT molecular complexity index is 437. The van der Waals surface area contributed by atoms with Gasteiger partial charge >= 0.3 is 0 Å². The summed E-state index contributed by atoms with van der Waals surface area (Å²) in [5, 5.41) is 0. The lowest BCUT2D eigenvalue weighted by Crippen LogP contribution is -1.98. The third kappa shape index (κ3) is 1.65. The molecule has 0 amide bonds. The first-order valence-electron chi connectivity index (χ1n) is 4.75. The Morgan fingerprint density at radius 1 is 1.27 bits per heavy atom. The van der Waals surface area contributed by atoms with Gasteiger partial charge in [-0.2, -0.15) is 0 Å². The van der Waals surface area contributed by atoms with Crippen molar-refractivity contribution in [3.05, 3.63) is 34.7 Å². The normalized spacial score (nSPS) is 14.7. The lowest BCUT2D eigenvalue weighted by atomic mass is 10.1. The lowest BCUT2D eigenvalue weighted by molar-refractivity contribution is 0.316. The zero-order chi connectivity index (χ0) is 10.8. The van der Waals surface area contributed by atoms with Crippen molar-refractivity contribution in [1.82, 2.24) is 0 Å².